The zero-order chi connectivity index (χ0) is 17.0. The summed E-state index contributed by atoms with van der Waals surface area (Å²) in [7, 11) is 3.86. The third-order valence-electron chi connectivity index (χ3n) is 3.69. The second kappa shape index (κ2) is 7.28. The highest BCUT2D eigenvalue weighted by Gasteiger charge is 2.16. The van der Waals surface area contributed by atoms with Crippen LogP contribution in [0.1, 0.15) is 23.7 Å². The number of nitrogens with one attached hydrogen (secondary N) is 1. The summed E-state index contributed by atoms with van der Waals surface area (Å²) in [5.74, 6) is -0.355. The Morgan fingerprint density at radius 3 is 2.74 bits per heavy atom. The number of carbonyl (C=O) groups excluding carboxylic acids is 1. The Labute approximate surface area is 135 Å². The molecule has 0 bridgehead atoms. The van der Waals surface area contributed by atoms with Crippen LogP contribution in [0.4, 0.5) is 5.69 Å². The lowest BCUT2D eigenvalue weighted by molar-refractivity contribution is 0.0949. The first-order chi connectivity index (χ1) is 11.0. The van der Waals surface area contributed by atoms with Gasteiger partial charge in [0.15, 0.2) is 0 Å². The SMILES string of the molecule is CCCn1cc(C(=O)NCCN(C)C)c(=O)c2c(N)cccc21. The first-order valence-electron chi connectivity index (χ1n) is 7.80. The third kappa shape index (κ3) is 3.71. The second-order valence-electron chi connectivity index (χ2n) is 5.87. The largest absolute Gasteiger partial charge is 0.398 e. The van der Waals surface area contributed by atoms with Gasteiger partial charge >= 0.3 is 0 Å². The maximum absolute atomic E-state index is 12.7. The van der Waals surface area contributed by atoms with E-state index >= 15 is 0 Å². The molecule has 0 saturated carbocycles. The van der Waals surface area contributed by atoms with E-state index in [1.165, 1.54) is 0 Å². The minimum atomic E-state index is -0.355. The van der Waals surface area contributed by atoms with E-state index in [9.17, 15) is 9.59 Å². The van der Waals surface area contributed by atoms with Crippen LogP contribution in [0.5, 0.6) is 0 Å². The molecule has 6 nitrogen and oxygen atoms in total. The number of likely N-dealkylation sites (N-methyl/N-ethyl adjacent to an activating group) is 1. The number of fused-ring (bicyclic) bond motifs is 1. The summed E-state index contributed by atoms with van der Waals surface area (Å²) < 4.78 is 1.92. The molecule has 3 N–H and O–H groups in total. The number of pyridine rings is 1. The molecule has 0 saturated heterocycles. The fourth-order valence-corrected chi connectivity index (χ4v) is 2.54. The van der Waals surface area contributed by atoms with Gasteiger partial charge in [0.2, 0.25) is 5.43 Å². The van der Waals surface area contributed by atoms with Crippen LogP contribution in [-0.4, -0.2) is 42.6 Å². The van der Waals surface area contributed by atoms with Gasteiger partial charge in [-0.2, -0.15) is 0 Å². The lowest BCUT2D eigenvalue weighted by Gasteiger charge is -2.14. The molecule has 0 aliphatic rings. The summed E-state index contributed by atoms with van der Waals surface area (Å²) in [6.45, 7) is 3.97. The number of aromatic nitrogens is 1. The standard InChI is InChI=1S/C17H24N4O2/c1-4-9-21-11-12(17(23)19-8-10-20(2)3)16(22)15-13(18)6-5-7-14(15)21/h5-7,11H,4,8-10,18H2,1-3H3,(H,19,23). The van der Waals surface area contributed by atoms with Crippen molar-refractivity contribution >= 4 is 22.5 Å². The van der Waals surface area contributed by atoms with Gasteiger partial charge in [0.1, 0.15) is 5.56 Å². The van der Waals surface area contributed by atoms with Crippen LogP contribution < -0.4 is 16.5 Å². The number of carbonyl (C=O) groups is 1. The number of aryl methyl sites for hydroxylation is 1. The molecule has 0 atom stereocenters. The predicted molar refractivity (Wildman–Crippen MR) is 93.8 cm³/mol. The molecule has 0 aliphatic heterocycles. The molecule has 0 unspecified atom stereocenters. The Kier molecular flexibility index (Phi) is 5.39. The van der Waals surface area contributed by atoms with E-state index in [4.69, 9.17) is 5.73 Å². The van der Waals surface area contributed by atoms with E-state index in [-0.39, 0.29) is 16.9 Å². The molecule has 2 aromatic rings. The fourth-order valence-electron chi connectivity index (χ4n) is 2.54. The fraction of sp³-hybridized carbons (Fsp3) is 0.412. The minimum absolute atomic E-state index is 0.141. The van der Waals surface area contributed by atoms with Crippen LogP contribution in [0, 0.1) is 0 Å². The van der Waals surface area contributed by atoms with E-state index in [1.807, 2.05) is 42.6 Å². The maximum atomic E-state index is 12.7. The summed E-state index contributed by atoms with van der Waals surface area (Å²) in [5.41, 5.74) is 6.98. The van der Waals surface area contributed by atoms with Crippen LogP contribution in [0.2, 0.25) is 0 Å². The van der Waals surface area contributed by atoms with Gasteiger partial charge in [0.05, 0.1) is 10.9 Å². The highest BCUT2D eigenvalue weighted by molar-refractivity contribution is 6.00. The number of nitrogens with two attached hydrogens (primary N) is 1. The summed E-state index contributed by atoms with van der Waals surface area (Å²) >= 11 is 0. The molecule has 2 rings (SSSR count). The lowest BCUT2D eigenvalue weighted by Crippen LogP contribution is -2.34. The number of hydrogen-bond acceptors (Lipinski definition) is 4. The van der Waals surface area contributed by atoms with E-state index in [2.05, 4.69) is 5.32 Å². The number of anilines is 1. The molecular weight excluding hydrogens is 292 g/mol. The minimum Gasteiger partial charge on any atom is -0.398 e. The number of benzene rings is 1. The van der Waals surface area contributed by atoms with Crippen LogP contribution >= 0.6 is 0 Å². The van der Waals surface area contributed by atoms with Gasteiger partial charge in [0, 0.05) is 31.5 Å². The van der Waals surface area contributed by atoms with E-state index in [0.717, 1.165) is 18.5 Å². The first kappa shape index (κ1) is 17.0. The number of rotatable bonds is 6. The number of hydrogen-bond donors (Lipinski definition) is 2. The summed E-state index contributed by atoms with van der Waals surface area (Å²) in [4.78, 5) is 27.0. The van der Waals surface area contributed by atoms with Gasteiger partial charge in [0.25, 0.3) is 5.91 Å². The van der Waals surface area contributed by atoms with Gasteiger partial charge in [-0.1, -0.05) is 13.0 Å². The Hall–Kier alpha value is -2.34. The monoisotopic (exact) mass is 316 g/mol. The molecule has 0 spiro atoms. The van der Waals surface area contributed by atoms with Crippen molar-refractivity contribution in [1.82, 2.24) is 14.8 Å². The van der Waals surface area contributed by atoms with Gasteiger partial charge < -0.3 is 20.5 Å². The van der Waals surface area contributed by atoms with Gasteiger partial charge in [-0.25, -0.2) is 0 Å². The summed E-state index contributed by atoms with van der Waals surface area (Å²) in [6, 6.07) is 5.37. The topological polar surface area (TPSA) is 80.4 Å². The number of nitrogens with zero attached hydrogens (tertiary/aromatic N) is 2. The third-order valence-corrected chi connectivity index (χ3v) is 3.69. The predicted octanol–water partition coefficient (Wildman–Crippen LogP) is 1.29. The zero-order valence-corrected chi connectivity index (χ0v) is 13.9. The van der Waals surface area contributed by atoms with Crippen LogP contribution in [0.3, 0.4) is 0 Å². The molecule has 0 fully saturated rings. The van der Waals surface area contributed by atoms with Gasteiger partial charge in [-0.05, 0) is 32.6 Å². The molecular formula is C17H24N4O2. The van der Waals surface area contributed by atoms with Crippen molar-refractivity contribution in [3.05, 3.63) is 40.2 Å². The van der Waals surface area contributed by atoms with Crippen molar-refractivity contribution in [3.8, 4) is 0 Å². The van der Waals surface area contributed by atoms with Crippen molar-refractivity contribution in [1.29, 1.82) is 0 Å². The smallest absolute Gasteiger partial charge is 0.256 e. The maximum Gasteiger partial charge on any atom is 0.256 e. The van der Waals surface area contributed by atoms with Gasteiger partial charge in [-0.15, -0.1) is 0 Å². The molecule has 6 heteroatoms. The Morgan fingerprint density at radius 1 is 1.35 bits per heavy atom. The quantitative estimate of drug-likeness (QED) is 0.787. The molecule has 0 radical (unpaired) electrons. The molecule has 1 aromatic carbocycles. The lowest BCUT2D eigenvalue weighted by atomic mass is 10.1. The summed E-state index contributed by atoms with van der Waals surface area (Å²) in [6.07, 6.45) is 2.53. The molecule has 1 amide bonds. The van der Waals surface area contributed by atoms with Crippen molar-refractivity contribution in [3.63, 3.8) is 0 Å². The summed E-state index contributed by atoms with van der Waals surface area (Å²) in [5, 5.41) is 3.21. The van der Waals surface area contributed by atoms with Crippen molar-refractivity contribution in [2.45, 2.75) is 19.9 Å². The highest BCUT2D eigenvalue weighted by Crippen LogP contribution is 2.18. The zero-order valence-electron chi connectivity index (χ0n) is 13.9. The van der Waals surface area contributed by atoms with E-state index in [0.29, 0.717) is 24.2 Å². The van der Waals surface area contributed by atoms with E-state index in [1.54, 1.807) is 12.3 Å². The first-order valence-corrected chi connectivity index (χ1v) is 7.80. The second-order valence-corrected chi connectivity index (χ2v) is 5.87. The van der Waals surface area contributed by atoms with E-state index < -0.39 is 0 Å². The average Bonchev–Trinajstić information content (AvgIpc) is 2.49. The highest BCUT2D eigenvalue weighted by atomic mass is 16.2. The van der Waals surface area contributed by atoms with Crippen molar-refractivity contribution in [2.75, 3.05) is 32.9 Å². The Bertz CT molecular complexity index is 765. The number of nitrogen functional groups attached to an aromatic ring is 1. The van der Waals surface area contributed by atoms with Crippen LogP contribution in [0.25, 0.3) is 10.9 Å². The van der Waals surface area contributed by atoms with Crippen LogP contribution in [0.15, 0.2) is 29.2 Å². The molecule has 1 aromatic heterocycles. The van der Waals surface area contributed by atoms with Crippen molar-refractivity contribution in [2.24, 2.45) is 0 Å². The Morgan fingerprint density at radius 2 is 2.09 bits per heavy atom. The normalized spacial score (nSPS) is 11.1. The average molecular weight is 316 g/mol. The Balaban J connectivity index is 2.47. The molecule has 0 aliphatic carbocycles. The molecule has 124 valence electrons. The van der Waals surface area contributed by atoms with Crippen molar-refractivity contribution < 1.29 is 4.79 Å². The number of amides is 1. The molecule has 23 heavy (non-hydrogen) atoms. The van der Waals surface area contributed by atoms with Gasteiger partial charge in [-0.3, -0.25) is 9.59 Å². The molecule has 1 heterocycles. The van der Waals surface area contributed by atoms with Crippen LogP contribution in [-0.2, 0) is 6.54 Å².